The van der Waals surface area contributed by atoms with Crippen LogP contribution in [0, 0.1) is 0 Å². The van der Waals surface area contributed by atoms with Crippen LogP contribution in [0.2, 0.25) is 0 Å². The largest absolute Gasteiger partial charge is 0.449 e. The molecule has 0 radical (unpaired) electrons. The van der Waals surface area contributed by atoms with Crippen molar-refractivity contribution in [3.8, 4) is 11.6 Å². The van der Waals surface area contributed by atoms with Crippen molar-refractivity contribution in [2.45, 2.75) is 17.9 Å². The van der Waals surface area contributed by atoms with Crippen LogP contribution in [0.1, 0.15) is 17.3 Å². The molecule has 0 bridgehead atoms. The van der Waals surface area contributed by atoms with E-state index in [1.165, 1.54) is 28.4 Å². The summed E-state index contributed by atoms with van der Waals surface area (Å²) < 4.78 is 38.1. The van der Waals surface area contributed by atoms with E-state index in [0.29, 0.717) is 5.75 Å². The lowest BCUT2D eigenvalue weighted by atomic mass is 10.2. The summed E-state index contributed by atoms with van der Waals surface area (Å²) >= 11 is 0. The predicted octanol–water partition coefficient (Wildman–Crippen LogP) is 2.95. The van der Waals surface area contributed by atoms with Crippen LogP contribution in [0.25, 0.3) is 0 Å². The van der Waals surface area contributed by atoms with Crippen molar-refractivity contribution in [3.63, 3.8) is 0 Å². The average molecular weight is 496 g/mol. The van der Waals surface area contributed by atoms with Crippen molar-refractivity contribution in [2.24, 2.45) is 0 Å². The second kappa shape index (κ2) is 10.7. The zero-order valence-corrected chi connectivity index (χ0v) is 19.9. The van der Waals surface area contributed by atoms with E-state index >= 15 is 0 Å². The lowest BCUT2D eigenvalue weighted by Gasteiger charge is -2.35. The first kappa shape index (κ1) is 24.4. The summed E-state index contributed by atoms with van der Waals surface area (Å²) in [5.74, 6) is -0.560. The number of piperazine rings is 1. The van der Waals surface area contributed by atoms with Crippen molar-refractivity contribution in [2.75, 3.05) is 26.2 Å². The fourth-order valence-electron chi connectivity index (χ4n) is 3.65. The molecular weight excluding hydrogens is 470 g/mol. The van der Waals surface area contributed by atoms with Crippen LogP contribution in [-0.4, -0.2) is 66.8 Å². The van der Waals surface area contributed by atoms with Crippen LogP contribution >= 0.6 is 0 Å². The third-order valence-corrected chi connectivity index (χ3v) is 7.42. The fraction of sp³-hybridized carbons (Fsp3) is 0.240. The summed E-state index contributed by atoms with van der Waals surface area (Å²) in [6.07, 6.45) is 0.427. The predicted molar refractivity (Wildman–Crippen MR) is 127 cm³/mol. The molecule has 1 fully saturated rings. The number of nitrogens with zero attached hydrogens (tertiary/aromatic N) is 3. The molecule has 0 N–H and O–H groups in total. The molecule has 1 atom stereocenters. The van der Waals surface area contributed by atoms with E-state index in [2.05, 4.69) is 4.98 Å². The quantitative estimate of drug-likeness (QED) is 0.464. The molecule has 2 aromatic carbocycles. The van der Waals surface area contributed by atoms with E-state index < -0.39 is 28.0 Å². The van der Waals surface area contributed by atoms with E-state index in [1.54, 1.807) is 60.7 Å². The Balaban J connectivity index is 1.36. The SMILES string of the molecule is C[C@@H](OC(=O)c1cccnc1Oc1ccccc1)C(=O)N1CCN(S(=O)(=O)c2ccccc2)CC1. The third kappa shape index (κ3) is 5.67. The smallest absolute Gasteiger partial charge is 0.344 e. The normalized spacial score (nSPS) is 15.3. The highest BCUT2D eigenvalue weighted by Crippen LogP contribution is 2.24. The maximum Gasteiger partial charge on any atom is 0.344 e. The van der Waals surface area contributed by atoms with E-state index in [9.17, 15) is 18.0 Å². The fourth-order valence-corrected chi connectivity index (χ4v) is 5.09. The number of ether oxygens (including phenoxy) is 2. The van der Waals surface area contributed by atoms with Gasteiger partial charge in [-0.25, -0.2) is 18.2 Å². The summed E-state index contributed by atoms with van der Waals surface area (Å²) in [4.78, 5) is 31.5. The van der Waals surface area contributed by atoms with Gasteiger partial charge in [0.1, 0.15) is 11.3 Å². The molecule has 35 heavy (non-hydrogen) atoms. The Hall–Kier alpha value is -3.76. The first-order valence-electron chi connectivity index (χ1n) is 11.1. The molecule has 0 saturated carbocycles. The summed E-state index contributed by atoms with van der Waals surface area (Å²) in [7, 11) is -3.63. The van der Waals surface area contributed by atoms with Gasteiger partial charge >= 0.3 is 5.97 Å². The van der Waals surface area contributed by atoms with Gasteiger partial charge in [0, 0.05) is 32.4 Å². The van der Waals surface area contributed by atoms with Gasteiger partial charge < -0.3 is 14.4 Å². The van der Waals surface area contributed by atoms with Crippen molar-refractivity contribution < 1.29 is 27.5 Å². The highest BCUT2D eigenvalue weighted by Gasteiger charge is 2.32. The molecule has 2 heterocycles. The Labute approximate surface area is 204 Å². The molecule has 1 aliphatic heterocycles. The van der Waals surface area contributed by atoms with E-state index in [0.717, 1.165) is 0 Å². The molecular formula is C25H25N3O6S. The molecule has 1 aliphatic rings. The number of rotatable bonds is 7. The molecule has 0 spiro atoms. The molecule has 9 nitrogen and oxygen atoms in total. The van der Waals surface area contributed by atoms with Crippen molar-refractivity contribution in [1.82, 2.24) is 14.2 Å². The van der Waals surface area contributed by atoms with E-state index in [-0.39, 0.29) is 42.5 Å². The maximum atomic E-state index is 12.9. The van der Waals surface area contributed by atoms with Gasteiger partial charge in [-0.05, 0) is 43.3 Å². The van der Waals surface area contributed by atoms with Gasteiger partial charge in [0.25, 0.3) is 5.91 Å². The van der Waals surface area contributed by atoms with Gasteiger partial charge in [-0.15, -0.1) is 0 Å². The van der Waals surface area contributed by atoms with Crippen LogP contribution in [0.5, 0.6) is 11.6 Å². The summed E-state index contributed by atoms with van der Waals surface area (Å²) in [5, 5.41) is 0. The highest BCUT2D eigenvalue weighted by atomic mass is 32.2. The molecule has 10 heteroatoms. The Morgan fingerprint density at radius 3 is 2.17 bits per heavy atom. The molecule has 1 saturated heterocycles. The minimum absolute atomic E-state index is 0.0723. The van der Waals surface area contributed by atoms with Crippen LogP contribution in [-0.2, 0) is 19.6 Å². The molecule has 3 aromatic rings. The number of benzene rings is 2. The minimum atomic E-state index is -3.63. The number of pyridine rings is 1. The van der Waals surface area contributed by atoms with Gasteiger partial charge in [0.05, 0.1) is 4.90 Å². The van der Waals surface area contributed by atoms with Crippen LogP contribution in [0.15, 0.2) is 83.9 Å². The number of aromatic nitrogens is 1. The standard InChI is InChI=1S/C25H25N3O6S/c1-19(33-25(30)22-13-8-14-26-23(22)34-20-9-4-2-5-10-20)24(29)27-15-17-28(18-16-27)35(31,32)21-11-6-3-7-12-21/h2-14,19H,15-18H2,1H3/t19-/m1/s1. The number of esters is 1. The van der Waals surface area contributed by atoms with Crippen molar-refractivity contribution in [3.05, 3.63) is 84.6 Å². The molecule has 0 aliphatic carbocycles. The average Bonchev–Trinajstić information content (AvgIpc) is 2.89. The third-order valence-electron chi connectivity index (χ3n) is 5.51. The summed E-state index contributed by atoms with van der Waals surface area (Å²) in [6, 6.07) is 20.1. The number of carbonyl (C=O) groups excluding carboxylic acids is 2. The van der Waals surface area contributed by atoms with Crippen LogP contribution in [0.3, 0.4) is 0 Å². The molecule has 0 unspecified atom stereocenters. The van der Waals surface area contributed by atoms with Crippen molar-refractivity contribution in [1.29, 1.82) is 0 Å². The highest BCUT2D eigenvalue weighted by molar-refractivity contribution is 7.89. The lowest BCUT2D eigenvalue weighted by Crippen LogP contribution is -2.52. The van der Waals surface area contributed by atoms with Gasteiger partial charge in [-0.2, -0.15) is 4.31 Å². The second-order valence-electron chi connectivity index (χ2n) is 7.86. The minimum Gasteiger partial charge on any atom is -0.449 e. The summed E-state index contributed by atoms with van der Waals surface area (Å²) in [6.45, 7) is 2.19. The molecule has 1 aromatic heterocycles. The molecule has 4 rings (SSSR count). The number of amides is 1. The Kier molecular flexibility index (Phi) is 7.42. The first-order chi connectivity index (χ1) is 16.9. The number of hydrogen-bond acceptors (Lipinski definition) is 7. The first-order valence-corrected chi connectivity index (χ1v) is 12.5. The van der Waals surface area contributed by atoms with Crippen molar-refractivity contribution >= 4 is 21.9 Å². The van der Waals surface area contributed by atoms with Crippen LogP contribution < -0.4 is 4.74 Å². The monoisotopic (exact) mass is 495 g/mol. The van der Waals surface area contributed by atoms with Gasteiger partial charge in [0.2, 0.25) is 15.9 Å². The van der Waals surface area contributed by atoms with E-state index in [4.69, 9.17) is 9.47 Å². The Morgan fingerprint density at radius 1 is 0.886 bits per heavy atom. The number of sulfonamides is 1. The lowest BCUT2D eigenvalue weighted by molar-refractivity contribution is -0.141. The molecule has 182 valence electrons. The zero-order valence-electron chi connectivity index (χ0n) is 19.1. The maximum absolute atomic E-state index is 12.9. The van der Waals surface area contributed by atoms with Gasteiger partial charge in [0.15, 0.2) is 6.10 Å². The summed E-state index contributed by atoms with van der Waals surface area (Å²) in [5.41, 5.74) is 0.0924. The van der Waals surface area contributed by atoms with E-state index in [1.807, 2.05) is 6.07 Å². The Morgan fingerprint density at radius 2 is 1.51 bits per heavy atom. The Bertz CT molecular complexity index is 1280. The van der Waals surface area contributed by atoms with Crippen LogP contribution in [0.4, 0.5) is 0 Å². The number of carbonyl (C=O) groups is 2. The van der Waals surface area contributed by atoms with Gasteiger partial charge in [-0.1, -0.05) is 36.4 Å². The number of para-hydroxylation sites is 1. The number of hydrogen-bond donors (Lipinski definition) is 0. The van der Waals surface area contributed by atoms with Gasteiger partial charge in [-0.3, -0.25) is 4.79 Å². The molecule has 1 amide bonds. The zero-order chi connectivity index (χ0) is 24.8. The topological polar surface area (TPSA) is 106 Å². The second-order valence-corrected chi connectivity index (χ2v) is 9.80.